The Balaban J connectivity index is 1.42. The van der Waals surface area contributed by atoms with Crippen LogP contribution < -0.4 is 10.5 Å². The number of unbranched alkanes of at least 4 members (excludes halogenated alkanes) is 2. The number of anilines is 1. The molecule has 3 N–H and O–H groups in total. The molecule has 174 valence electrons. The number of thiocarbonyl (C=S) groups is 1. The Morgan fingerprint density at radius 1 is 1.12 bits per heavy atom. The van der Waals surface area contributed by atoms with E-state index in [2.05, 4.69) is 5.32 Å². The zero-order valence-corrected chi connectivity index (χ0v) is 19.9. The number of hydrogen-bond donors (Lipinski definition) is 2. The highest BCUT2D eigenvalue weighted by atomic mass is 32.2. The SMILES string of the molecule is NS(=O)(=O)c1ccc(NC(=O)CCCCCN2C(=O)/C(=C/c3ccccc3F)SC2=S)cc1. The lowest BCUT2D eigenvalue weighted by molar-refractivity contribution is -0.122. The van der Waals surface area contributed by atoms with Crippen LogP contribution in [0.15, 0.2) is 58.3 Å². The molecule has 11 heteroatoms. The first-order valence-electron chi connectivity index (χ1n) is 10.1. The minimum Gasteiger partial charge on any atom is -0.326 e. The smallest absolute Gasteiger partial charge is 0.266 e. The lowest BCUT2D eigenvalue weighted by Crippen LogP contribution is -2.29. The van der Waals surface area contributed by atoms with E-state index in [-0.39, 0.29) is 23.1 Å². The van der Waals surface area contributed by atoms with Crippen molar-refractivity contribution in [1.29, 1.82) is 0 Å². The summed E-state index contributed by atoms with van der Waals surface area (Å²) in [6, 6.07) is 11.8. The summed E-state index contributed by atoms with van der Waals surface area (Å²) in [6.07, 6.45) is 3.77. The van der Waals surface area contributed by atoms with Crippen LogP contribution in [0.3, 0.4) is 0 Å². The molecular weight excluding hydrogens is 485 g/mol. The topological polar surface area (TPSA) is 110 Å². The summed E-state index contributed by atoms with van der Waals surface area (Å²) in [4.78, 5) is 26.5. The monoisotopic (exact) mass is 507 g/mol. The number of sulfonamides is 1. The molecule has 0 spiro atoms. The first kappa shape index (κ1) is 25.0. The summed E-state index contributed by atoms with van der Waals surface area (Å²) in [5, 5.41) is 7.74. The zero-order chi connectivity index (χ0) is 24.0. The Bertz CT molecular complexity index is 1200. The lowest BCUT2D eigenvalue weighted by Gasteiger charge is -2.14. The third kappa shape index (κ3) is 6.94. The highest BCUT2D eigenvalue weighted by Gasteiger charge is 2.31. The van der Waals surface area contributed by atoms with Crippen molar-refractivity contribution >= 4 is 61.9 Å². The maximum Gasteiger partial charge on any atom is 0.266 e. The third-order valence-electron chi connectivity index (χ3n) is 4.82. The van der Waals surface area contributed by atoms with Gasteiger partial charge in [0.15, 0.2) is 0 Å². The van der Waals surface area contributed by atoms with Gasteiger partial charge in [0, 0.05) is 24.2 Å². The number of halogens is 1. The van der Waals surface area contributed by atoms with Crippen molar-refractivity contribution in [2.45, 2.75) is 30.6 Å². The highest BCUT2D eigenvalue weighted by molar-refractivity contribution is 8.26. The van der Waals surface area contributed by atoms with Gasteiger partial charge in [-0.2, -0.15) is 0 Å². The lowest BCUT2D eigenvalue weighted by atomic mass is 10.1. The summed E-state index contributed by atoms with van der Waals surface area (Å²) >= 11 is 6.44. The number of thioether (sulfide) groups is 1. The zero-order valence-electron chi connectivity index (χ0n) is 17.5. The van der Waals surface area contributed by atoms with E-state index in [1.165, 1.54) is 41.3 Å². The molecule has 1 heterocycles. The molecule has 1 aliphatic rings. The van der Waals surface area contributed by atoms with Crippen LogP contribution in [0, 0.1) is 5.82 Å². The molecule has 0 bridgehead atoms. The fraction of sp³-hybridized carbons (Fsp3) is 0.227. The second-order valence-electron chi connectivity index (χ2n) is 7.28. The molecule has 7 nitrogen and oxygen atoms in total. The molecule has 2 aromatic carbocycles. The van der Waals surface area contributed by atoms with Crippen LogP contribution in [0.4, 0.5) is 10.1 Å². The molecule has 0 radical (unpaired) electrons. The Labute approximate surface area is 201 Å². The summed E-state index contributed by atoms with van der Waals surface area (Å²) in [5.41, 5.74) is 0.815. The number of benzene rings is 2. The van der Waals surface area contributed by atoms with Gasteiger partial charge in [-0.1, -0.05) is 48.6 Å². The summed E-state index contributed by atoms with van der Waals surface area (Å²) in [5.74, 6) is -0.841. The average Bonchev–Trinajstić information content (AvgIpc) is 3.02. The van der Waals surface area contributed by atoms with Gasteiger partial charge in [0.05, 0.1) is 9.80 Å². The number of amides is 2. The fourth-order valence-electron chi connectivity index (χ4n) is 3.11. The van der Waals surface area contributed by atoms with Gasteiger partial charge in [0.2, 0.25) is 15.9 Å². The van der Waals surface area contributed by atoms with Crippen LogP contribution >= 0.6 is 24.0 Å². The summed E-state index contributed by atoms with van der Waals surface area (Å²) in [7, 11) is -3.78. The standard InChI is InChI=1S/C22H22FN3O4S3/c23-18-7-4-3-6-15(18)14-19-21(28)26(22(31)32-19)13-5-1-2-8-20(27)25-16-9-11-17(12-10-16)33(24,29)30/h3-4,6-7,9-12,14H,1-2,5,8,13H2,(H,25,27)(H2,24,29,30)/b19-14-. The minimum atomic E-state index is -3.78. The first-order chi connectivity index (χ1) is 15.6. The average molecular weight is 508 g/mol. The molecule has 33 heavy (non-hydrogen) atoms. The van der Waals surface area contributed by atoms with Gasteiger partial charge in [0.25, 0.3) is 5.91 Å². The van der Waals surface area contributed by atoms with Gasteiger partial charge in [-0.05, 0) is 49.2 Å². The molecule has 2 amide bonds. The van der Waals surface area contributed by atoms with Crippen molar-refractivity contribution in [3.8, 4) is 0 Å². The number of hydrogen-bond acceptors (Lipinski definition) is 6. The van der Waals surface area contributed by atoms with Crippen molar-refractivity contribution in [2.75, 3.05) is 11.9 Å². The van der Waals surface area contributed by atoms with Crippen molar-refractivity contribution in [2.24, 2.45) is 5.14 Å². The van der Waals surface area contributed by atoms with E-state index in [0.717, 1.165) is 11.8 Å². The van der Waals surface area contributed by atoms with E-state index < -0.39 is 15.8 Å². The van der Waals surface area contributed by atoms with Crippen molar-refractivity contribution in [3.63, 3.8) is 0 Å². The van der Waals surface area contributed by atoms with Crippen LogP contribution in [0.5, 0.6) is 0 Å². The van der Waals surface area contributed by atoms with E-state index in [1.54, 1.807) is 18.2 Å². The number of primary sulfonamides is 1. The van der Waals surface area contributed by atoms with Crippen molar-refractivity contribution < 1.29 is 22.4 Å². The molecule has 1 saturated heterocycles. The number of nitrogens with zero attached hydrogens (tertiary/aromatic N) is 1. The Morgan fingerprint density at radius 2 is 1.82 bits per heavy atom. The summed E-state index contributed by atoms with van der Waals surface area (Å²) in [6.45, 7) is 0.427. The number of carbonyl (C=O) groups excluding carboxylic acids is 2. The normalized spacial score (nSPS) is 15.3. The van der Waals surface area contributed by atoms with E-state index >= 15 is 0 Å². The molecular formula is C22H22FN3O4S3. The predicted molar refractivity (Wildman–Crippen MR) is 131 cm³/mol. The molecule has 0 aliphatic carbocycles. The number of nitrogens with one attached hydrogen (secondary N) is 1. The van der Waals surface area contributed by atoms with Crippen molar-refractivity contribution in [3.05, 3.63) is 64.8 Å². The second kappa shape index (κ2) is 11.0. The predicted octanol–water partition coefficient (Wildman–Crippen LogP) is 3.87. The van der Waals surface area contributed by atoms with Gasteiger partial charge in [-0.3, -0.25) is 14.5 Å². The van der Waals surface area contributed by atoms with Gasteiger partial charge in [-0.15, -0.1) is 0 Å². The maximum atomic E-state index is 13.8. The van der Waals surface area contributed by atoms with E-state index in [9.17, 15) is 22.4 Å². The molecule has 0 atom stereocenters. The molecule has 1 fully saturated rings. The van der Waals surface area contributed by atoms with Crippen LogP contribution in [0.2, 0.25) is 0 Å². The van der Waals surface area contributed by atoms with E-state index in [1.807, 2.05) is 0 Å². The third-order valence-corrected chi connectivity index (χ3v) is 7.12. The Morgan fingerprint density at radius 3 is 2.48 bits per heavy atom. The number of nitrogens with two attached hydrogens (primary N) is 1. The van der Waals surface area contributed by atoms with Crippen LogP contribution in [-0.4, -0.2) is 36.0 Å². The molecule has 0 unspecified atom stereocenters. The van der Waals surface area contributed by atoms with Crippen LogP contribution in [-0.2, 0) is 19.6 Å². The van der Waals surface area contributed by atoms with E-state index in [0.29, 0.717) is 46.3 Å². The first-order valence-corrected chi connectivity index (χ1v) is 12.8. The van der Waals surface area contributed by atoms with Crippen LogP contribution in [0.1, 0.15) is 31.2 Å². The number of carbonyl (C=O) groups is 2. The highest BCUT2D eigenvalue weighted by Crippen LogP contribution is 2.33. The summed E-state index contributed by atoms with van der Waals surface area (Å²) < 4.78 is 36.8. The van der Waals surface area contributed by atoms with Gasteiger partial charge in [0.1, 0.15) is 10.1 Å². The minimum absolute atomic E-state index is 0.0278. The van der Waals surface area contributed by atoms with Crippen molar-refractivity contribution in [1.82, 2.24) is 4.90 Å². The van der Waals surface area contributed by atoms with Crippen LogP contribution in [0.25, 0.3) is 6.08 Å². The fourth-order valence-corrected chi connectivity index (χ4v) is 4.92. The number of rotatable bonds is 9. The second-order valence-corrected chi connectivity index (χ2v) is 10.5. The van der Waals surface area contributed by atoms with Gasteiger partial charge in [-0.25, -0.2) is 17.9 Å². The van der Waals surface area contributed by atoms with Gasteiger partial charge < -0.3 is 5.32 Å². The molecule has 1 aliphatic heterocycles. The largest absolute Gasteiger partial charge is 0.326 e. The quantitative estimate of drug-likeness (QED) is 0.303. The molecule has 0 aromatic heterocycles. The van der Waals surface area contributed by atoms with Gasteiger partial charge >= 0.3 is 0 Å². The molecule has 2 aromatic rings. The molecule has 0 saturated carbocycles. The Hall–Kier alpha value is -2.60. The molecule has 3 rings (SSSR count). The Kier molecular flexibility index (Phi) is 8.35. The maximum absolute atomic E-state index is 13.8. The van der Waals surface area contributed by atoms with E-state index in [4.69, 9.17) is 17.4 Å².